The second-order valence-electron chi connectivity index (χ2n) is 6.05. The van der Waals surface area contributed by atoms with Crippen LogP contribution in [-0.4, -0.2) is 19.1 Å². The molecule has 26 heavy (non-hydrogen) atoms. The Bertz CT molecular complexity index is 716. The highest BCUT2D eigenvalue weighted by Gasteiger charge is 2.14. The van der Waals surface area contributed by atoms with Gasteiger partial charge in [0.05, 0.1) is 19.3 Å². The van der Waals surface area contributed by atoms with Gasteiger partial charge in [-0.3, -0.25) is 4.79 Å². The number of hydrogen-bond acceptors (Lipinski definition) is 3. The van der Waals surface area contributed by atoms with Crippen molar-refractivity contribution in [3.63, 3.8) is 0 Å². The molecule has 2 aromatic carbocycles. The van der Waals surface area contributed by atoms with Crippen molar-refractivity contribution in [3.05, 3.63) is 65.0 Å². The van der Waals surface area contributed by atoms with Crippen molar-refractivity contribution in [3.8, 4) is 5.75 Å². The Balaban J connectivity index is 2.11. The van der Waals surface area contributed by atoms with Gasteiger partial charge in [0.15, 0.2) is 0 Å². The predicted molar refractivity (Wildman–Crippen MR) is 99.8 cm³/mol. The molecular weight excluding hydrogens is 333 g/mol. The molecule has 140 valence electrons. The molecule has 0 radical (unpaired) electrons. The lowest BCUT2D eigenvalue weighted by atomic mass is 10.1. The van der Waals surface area contributed by atoms with Gasteiger partial charge in [-0.2, -0.15) is 0 Å². The quantitative estimate of drug-likeness (QED) is 0.664. The topological polar surface area (TPSA) is 47.6 Å². The molecule has 0 saturated carbocycles. The van der Waals surface area contributed by atoms with Gasteiger partial charge in [-0.25, -0.2) is 4.39 Å². The largest absolute Gasteiger partial charge is 0.494 e. The lowest BCUT2D eigenvalue weighted by Crippen LogP contribution is -2.26. The van der Waals surface area contributed by atoms with Gasteiger partial charge >= 0.3 is 0 Å². The molecule has 5 heteroatoms. The Labute approximate surface area is 154 Å². The SMILES string of the molecule is CCCOCc1cc(C(=O)NC(C)c2ccc(F)cc2)ccc1OCC. The Morgan fingerprint density at radius 3 is 2.54 bits per heavy atom. The van der Waals surface area contributed by atoms with E-state index < -0.39 is 0 Å². The maximum Gasteiger partial charge on any atom is 0.251 e. The molecule has 1 amide bonds. The average Bonchev–Trinajstić information content (AvgIpc) is 2.63. The Morgan fingerprint density at radius 2 is 1.88 bits per heavy atom. The highest BCUT2D eigenvalue weighted by molar-refractivity contribution is 5.94. The van der Waals surface area contributed by atoms with E-state index in [1.165, 1.54) is 12.1 Å². The number of rotatable bonds is 9. The van der Waals surface area contributed by atoms with Crippen LogP contribution < -0.4 is 10.1 Å². The molecule has 1 N–H and O–H groups in total. The van der Waals surface area contributed by atoms with E-state index in [0.717, 1.165) is 23.3 Å². The van der Waals surface area contributed by atoms with Gasteiger partial charge in [0, 0.05) is 17.7 Å². The van der Waals surface area contributed by atoms with Crippen LogP contribution in [0.25, 0.3) is 0 Å². The number of hydrogen-bond donors (Lipinski definition) is 1. The first-order valence-electron chi connectivity index (χ1n) is 8.95. The summed E-state index contributed by atoms with van der Waals surface area (Å²) in [6.45, 7) is 7.44. The fourth-order valence-corrected chi connectivity index (χ4v) is 2.57. The van der Waals surface area contributed by atoms with Crippen LogP contribution in [0, 0.1) is 5.82 Å². The second kappa shape index (κ2) is 9.92. The van der Waals surface area contributed by atoms with E-state index in [4.69, 9.17) is 9.47 Å². The highest BCUT2D eigenvalue weighted by atomic mass is 19.1. The number of halogens is 1. The van der Waals surface area contributed by atoms with Crippen LogP contribution in [-0.2, 0) is 11.3 Å². The first kappa shape index (κ1) is 19.9. The number of benzene rings is 2. The van der Waals surface area contributed by atoms with Crippen LogP contribution in [0.15, 0.2) is 42.5 Å². The summed E-state index contributed by atoms with van der Waals surface area (Å²) in [4.78, 5) is 12.6. The zero-order chi connectivity index (χ0) is 18.9. The van der Waals surface area contributed by atoms with E-state index in [9.17, 15) is 9.18 Å². The predicted octanol–water partition coefficient (Wildman–Crippen LogP) is 4.64. The van der Waals surface area contributed by atoms with E-state index in [1.54, 1.807) is 30.3 Å². The van der Waals surface area contributed by atoms with Crippen molar-refractivity contribution in [2.24, 2.45) is 0 Å². The fraction of sp³-hybridized carbons (Fsp3) is 0.381. The minimum Gasteiger partial charge on any atom is -0.494 e. The summed E-state index contributed by atoms with van der Waals surface area (Å²) in [5.41, 5.74) is 2.23. The molecule has 0 bridgehead atoms. The van der Waals surface area contributed by atoms with Crippen LogP contribution in [0.3, 0.4) is 0 Å². The summed E-state index contributed by atoms with van der Waals surface area (Å²) < 4.78 is 24.3. The molecule has 1 unspecified atom stereocenters. The Morgan fingerprint density at radius 1 is 1.15 bits per heavy atom. The summed E-state index contributed by atoms with van der Waals surface area (Å²) in [6, 6.07) is 11.2. The van der Waals surface area contributed by atoms with Gasteiger partial charge in [-0.05, 0) is 56.2 Å². The van der Waals surface area contributed by atoms with Gasteiger partial charge < -0.3 is 14.8 Å². The van der Waals surface area contributed by atoms with Crippen LogP contribution in [0.4, 0.5) is 4.39 Å². The van der Waals surface area contributed by atoms with Gasteiger partial charge in [0.2, 0.25) is 0 Å². The number of nitrogens with one attached hydrogen (secondary N) is 1. The minimum absolute atomic E-state index is 0.193. The monoisotopic (exact) mass is 359 g/mol. The third-order valence-corrected chi connectivity index (χ3v) is 3.95. The van der Waals surface area contributed by atoms with Crippen molar-refractivity contribution in [2.75, 3.05) is 13.2 Å². The molecule has 0 saturated heterocycles. The molecule has 2 rings (SSSR count). The molecule has 0 aliphatic rings. The first-order chi connectivity index (χ1) is 12.5. The van der Waals surface area contributed by atoms with E-state index >= 15 is 0 Å². The Hall–Kier alpha value is -2.40. The third-order valence-electron chi connectivity index (χ3n) is 3.95. The number of carbonyl (C=O) groups excluding carboxylic acids is 1. The van der Waals surface area contributed by atoms with E-state index in [-0.39, 0.29) is 17.8 Å². The van der Waals surface area contributed by atoms with Gasteiger partial charge in [-0.15, -0.1) is 0 Å². The summed E-state index contributed by atoms with van der Waals surface area (Å²) >= 11 is 0. The number of carbonyl (C=O) groups is 1. The van der Waals surface area contributed by atoms with Crippen molar-refractivity contribution < 1.29 is 18.7 Å². The summed E-state index contributed by atoms with van der Waals surface area (Å²) in [5, 5.41) is 2.93. The number of amides is 1. The summed E-state index contributed by atoms with van der Waals surface area (Å²) in [7, 11) is 0. The second-order valence-corrected chi connectivity index (χ2v) is 6.05. The van der Waals surface area contributed by atoms with Crippen LogP contribution in [0.2, 0.25) is 0 Å². The van der Waals surface area contributed by atoms with Crippen LogP contribution in [0.5, 0.6) is 5.75 Å². The fourth-order valence-electron chi connectivity index (χ4n) is 2.57. The standard InChI is InChI=1S/C21H26FNO3/c1-4-12-25-14-18-13-17(8-11-20(18)26-5-2)21(24)23-15(3)16-6-9-19(22)10-7-16/h6-11,13,15H,4-5,12,14H2,1-3H3,(H,23,24). The van der Waals surface area contributed by atoms with Gasteiger partial charge in [0.25, 0.3) is 5.91 Å². The lowest BCUT2D eigenvalue weighted by molar-refractivity contribution is 0.0939. The van der Waals surface area contributed by atoms with E-state index in [2.05, 4.69) is 5.32 Å². The third kappa shape index (κ3) is 5.56. The molecule has 4 nitrogen and oxygen atoms in total. The van der Waals surface area contributed by atoms with Crippen molar-refractivity contribution in [1.29, 1.82) is 0 Å². The van der Waals surface area contributed by atoms with Crippen LogP contribution in [0.1, 0.15) is 54.7 Å². The molecule has 1 atom stereocenters. The molecule has 0 aromatic heterocycles. The molecule has 0 spiro atoms. The maximum atomic E-state index is 13.0. The zero-order valence-corrected chi connectivity index (χ0v) is 15.5. The zero-order valence-electron chi connectivity index (χ0n) is 15.5. The van der Waals surface area contributed by atoms with Crippen LogP contribution >= 0.6 is 0 Å². The molecule has 0 heterocycles. The van der Waals surface area contributed by atoms with Gasteiger partial charge in [-0.1, -0.05) is 19.1 Å². The van der Waals surface area contributed by atoms with Crippen molar-refractivity contribution in [1.82, 2.24) is 5.32 Å². The average molecular weight is 359 g/mol. The molecule has 0 aliphatic carbocycles. The Kier molecular flexibility index (Phi) is 7.60. The van der Waals surface area contributed by atoms with Gasteiger partial charge in [0.1, 0.15) is 11.6 Å². The number of ether oxygens (including phenoxy) is 2. The molecule has 0 aliphatic heterocycles. The highest BCUT2D eigenvalue weighted by Crippen LogP contribution is 2.22. The summed E-state index contributed by atoms with van der Waals surface area (Å²) in [6.07, 6.45) is 0.930. The molecular formula is C21H26FNO3. The van der Waals surface area contributed by atoms with E-state index in [1.807, 2.05) is 20.8 Å². The normalized spacial score (nSPS) is 11.8. The lowest BCUT2D eigenvalue weighted by Gasteiger charge is -2.16. The summed E-state index contributed by atoms with van der Waals surface area (Å²) in [5.74, 6) is 0.240. The first-order valence-corrected chi connectivity index (χ1v) is 8.95. The molecule has 0 fully saturated rings. The minimum atomic E-state index is -0.296. The molecule has 2 aromatic rings. The van der Waals surface area contributed by atoms with E-state index in [0.29, 0.717) is 25.4 Å². The van der Waals surface area contributed by atoms with Crippen molar-refractivity contribution in [2.45, 2.75) is 39.8 Å². The maximum absolute atomic E-state index is 13.0. The smallest absolute Gasteiger partial charge is 0.251 e. The van der Waals surface area contributed by atoms with Crippen molar-refractivity contribution >= 4 is 5.91 Å².